The molecule has 0 radical (unpaired) electrons. The lowest BCUT2D eigenvalue weighted by Gasteiger charge is -2.20. The number of carbonyl (C=O) groups is 1. The van der Waals surface area contributed by atoms with Gasteiger partial charge in [-0.15, -0.1) is 0 Å². The van der Waals surface area contributed by atoms with E-state index in [2.05, 4.69) is 0 Å². The van der Waals surface area contributed by atoms with Crippen LogP contribution < -0.4 is 9.80 Å². The molecule has 1 N–H and O–H groups in total. The van der Waals surface area contributed by atoms with Gasteiger partial charge in [-0.2, -0.15) is 18.2 Å². The van der Waals surface area contributed by atoms with Crippen molar-refractivity contribution in [1.82, 2.24) is 0 Å². The highest BCUT2D eigenvalue weighted by atomic mass is 19.4. The zero-order valence-corrected chi connectivity index (χ0v) is 14.1. The quantitative estimate of drug-likeness (QED) is 0.464. The first-order valence-corrected chi connectivity index (χ1v) is 7.74. The van der Waals surface area contributed by atoms with E-state index in [1.807, 2.05) is 0 Å². The fourth-order valence-electron chi connectivity index (χ4n) is 2.27. The van der Waals surface area contributed by atoms with Crippen LogP contribution in [0.2, 0.25) is 0 Å². The minimum Gasteiger partial charge on any atom is -0.489 e. The van der Waals surface area contributed by atoms with E-state index in [1.54, 1.807) is 6.92 Å². The van der Waals surface area contributed by atoms with E-state index < -0.39 is 23.5 Å². The molecule has 0 unspecified atom stereocenters. The molecule has 0 bridgehead atoms. The summed E-state index contributed by atoms with van der Waals surface area (Å²) in [4.78, 5) is 11.7. The van der Waals surface area contributed by atoms with Crippen molar-refractivity contribution in [3.05, 3.63) is 58.9 Å². The molecule has 4 nitrogen and oxygen atoms in total. The molecule has 2 rings (SSSR count). The summed E-state index contributed by atoms with van der Waals surface area (Å²) in [5.41, 5.74) is -0.640. The Morgan fingerprint density at radius 1 is 1.19 bits per heavy atom. The molecule has 0 saturated heterocycles. The zero-order chi connectivity index (χ0) is 19.5. The van der Waals surface area contributed by atoms with Crippen LogP contribution in [0.4, 0.5) is 23.2 Å². The largest absolute Gasteiger partial charge is 0.489 e. The highest BCUT2D eigenvalue weighted by Crippen LogP contribution is 2.34. The van der Waals surface area contributed by atoms with Crippen molar-refractivity contribution >= 4 is 11.6 Å². The molecule has 8 heteroatoms. The second-order valence-electron chi connectivity index (χ2n) is 5.60. The van der Waals surface area contributed by atoms with Crippen LogP contribution in [0, 0.1) is 12.7 Å². The van der Waals surface area contributed by atoms with Gasteiger partial charge in [0.05, 0.1) is 11.3 Å². The van der Waals surface area contributed by atoms with Crippen LogP contribution in [0.25, 0.3) is 0 Å². The third-order valence-electron chi connectivity index (χ3n) is 3.70. The van der Waals surface area contributed by atoms with Gasteiger partial charge in [0.2, 0.25) is 5.91 Å². The number of hydrogen-bond acceptors (Lipinski definition) is 3. The predicted octanol–water partition coefficient (Wildman–Crippen LogP) is 4.86. The number of carbonyl (C=O) groups excluding carboxylic acids is 1. The number of ether oxygens (including phenoxy) is 1. The monoisotopic (exact) mass is 371 g/mol. The first-order valence-electron chi connectivity index (χ1n) is 7.74. The molecule has 0 spiro atoms. The molecular weight excluding hydrogens is 354 g/mol. The van der Waals surface area contributed by atoms with Gasteiger partial charge in [0.25, 0.3) is 0 Å². The van der Waals surface area contributed by atoms with E-state index in [9.17, 15) is 27.6 Å². The Labute approximate surface area is 147 Å². The van der Waals surface area contributed by atoms with E-state index in [-0.39, 0.29) is 29.3 Å². The van der Waals surface area contributed by atoms with Crippen molar-refractivity contribution < 1.29 is 32.3 Å². The lowest BCUT2D eigenvalue weighted by molar-refractivity contribution is -0.137. The minimum absolute atomic E-state index is 0.0931. The topological polar surface area (TPSA) is 49.8 Å². The summed E-state index contributed by atoms with van der Waals surface area (Å²) >= 11 is 0. The summed E-state index contributed by atoms with van der Waals surface area (Å²) in [6.45, 7) is 2.87. The second kappa shape index (κ2) is 7.74. The van der Waals surface area contributed by atoms with Gasteiger partial charge in [-0.1, -0.05) is 13.0 Å². The number of rotatable bonds is 5. The first kappa shape index (κ1) is 19.7. The Hall–Kier alpha value is -2.61. The normalized spacial score (nSPS) is 11.3. The standard InChI is InChI=1S/C18H17F4NO3/c1-3-17(24)23(25)15-9-13(18(20,21)22)5-4-12(15)10-26-16-7-6-14(19)8-11(16)2/h4-9,25H,3,10H2,1-2H3. The summed E-state index contributed by atoms with van der Waals surface area (Å²) in [6, 6.07) is 6.48. The number of anilines is 1. The molecule has 0 heterocycles. The van der Waals surface area contributed by atoms with Gasteiger partial charge in [0.1, 0.15) is 18.2 Å². The van der Waals surface area contributed by atoms with Gasteiger partial charge in [-0.3, -0.25) is 10.0 Å². The van der Waals surface area contributed by atoms with Crippen LogP contribution in [0.15, 0.2) is 36.4 Å². The van der Waals surface area contributed by atoms with Gasteiger partial charge < -0.3 is 4.74 Å². The van der Waals surface area contributed by atoms with Crippen molar-refractivity contribution in [3.63, 3.8) is 0 Å². The maximum absolute atomic E-state index is 13.1. The minimum atomic E-state index is -4.63. The van der Waals surface area contributed by atoms with Gasteiger partial charge in [-0.25, -0.2) is 4.39 Å². The molecule has 0 aliphatic heterocycles. The van der Waals surface area contributed by atoms with E-state index in [0.29, 0.717) is 17.4 Å². The van der Waals surface area contributed by atoms with Crippen molar-refractivity contribution in [2.24, 2.45) is 0 Å². The lowest BCUT2D eigenvalue weighted by atomic mass is 10.1. The third kappa shape index (κ3) is 4.51. The fourth-order valence-corrected chi connectivity index (χ4v) is 2.27. The van der Waals surface area contributed by atoms with Crippen molar-refractivity contribution in [2.75, 3.05) is 5.06 Å². The molecule has 0 atom stereocenters. The fraction of sp³-hybridized carbons (Fsp3) is 0.278. The molecular formula is C18H17F4NO3. The maximum Gasteiger partial charge on any atom is 0.416 e. The molecule has 1 amide bonds. The van der Waals surface area contributed by atoms with Crippen LogP contribution in [0.1, 0.15) is 30.0 Å². The Bertz CT molecular complexity index is 806. The SMILES string of the molecule is CCC(=O)N(O)c1cc(C(F)(F)F)ccc1COc1ccc(F)cc1C. The van der Waals surface area contributed by atoms with E-state index in [0.717, 1.165) is 12.1 Å². The number of halogens is 4. The molecule has 2 aromatic rings. The van der Waals surface area contributed by atoms with Gasteiger partial charge >= 0.3 is 6.18 Å². The lowest BCUT2D eigenvalue weighted by Crippen LogP contribution is -2.27. The number of alkyl halides is 3. The Balaban J connectivity index is 2.35. The zero-order valence-electron chi connectivity index (χ0n) is 14.1. The second-order valence-corrected chi connectivity index (χ2v) is 5.60. The molecule has 0 aromatic heterocycles. The molecule has 0 aliphatic rings. The van der Waals surface area contributed by atoms with Crippen molar-refractivity contribution in [1.29, 1.82) is 0 Å². The van der Waals surface area contributed by atoms with E-state index >= 15 is 0 Å². The van der Waals surface area contributed by atoms with Gasteiger partial charge in [-0.05, 0) is 42.8 Å². The summed E-state index contributed by atoms with van der Waals surface area (Å²) in [5, 5.41) is 10.1. The first-order chi connectivity index (χ1) is 12.1. The van der Waals surface area contributed by atoms with Crippen LogP contribution in [0.5, 0.6) is 5.75 Å². The number of amides is 1. The summed E-state index contributed by atoms with van der Waals surface area (Å²) in [5.74, 6) is -0.868. The molecule has 0 saturated carbocycles. The van der Waals surface area contributed by atoms with Crippen LogP contribution in [-0.2, 0) is 17.6 Å². The number of aryl methyl sites for hydroxylation is 1. The maximum atomic E-state index is 13.1. The van der Waals surface area contributed by atoms with Gasteiger partial charge in [0, 0.05) is 12.0 Å². The number of hydroxylamine groups is 1. The Morgan fingerprint density at radius 2 is 1.88 bits per heavy atom. The van der Waals surface area contributed by atoms with E-state index in [4.69, 9.17) is 4.74 Å². The summed E-state index contributed by atoms with van der Waals surface area (Å²) in [6.07, 6.45) is -4.72. The number of nitrogens with zero attached hydrogens (tertiary/aromatic N) is 1. The molecule has 140 valence electrons. The van der Waals surface area contributed by atoms with Crippen molar-refractivity contribution in [2.45, 2.75) is 33.1 Å². The predicted molar refractivity (Wildman–Crippen MR) is 86.5 cm³/mol. The average molecular weight is 371 g/mol. The highest BCUT2D eigenvalue weighted by molar-refractivity contribution is 5.91. The van der Waals surface area contributed by atoms with Crippen LogP contribution in [0.3, 0.4) is 0 Å². The average Bonchev–Trinajstić information content (AvgIpc) is 2.58. The van der Waals surface area contributed by atoms with Crippen molar-refractivity contribution in [3.8, 4) is 5.75 Å². The van der Waals surface area contributed by atoms with Crippen LogP contribution in [-0.4, -0.2) is 11.1 Å². The molecule has 2 aromatic carbocycles. The summed E-state index contributed by atoms with van der Waals surface area (Å²) < 4.78 is 57.4. The van der Waals surface area contributed by atoms with Gasteiger partial charge in [0.15, 0.2) is 0 Å². The molecule has 26 heavy (non-hydrogen) atoms. The Kier molecular flexibility index (Phi) is 5.86. The number of hydrogen-bond donors (Lipinski definition) is 1. The molecule has 0 aliphatic carbocycles. The highest BCUT2D eigenvalue weighted by Gasteiger charge is 2.32. The number of benzene rings is 2. The van der Waals surface area contributed by atoms with Crippen LogP contribution >= 0.6 is 0 Å². The van der Waals surface area contributed by atoms with E-state index in [1.165, 1.54) is 25.1 Å². The third-order valence-corrected chi connectivity index (χ3v) is 3.70. The Morgan fingerprint density at radius 3 is 2.46 bits per heavy atom. The smallest absolute Gasteiger partial charge is 0.416 e. The summed E-state index contributed by atoms with van der Waals surface area (Å²) in [7, 11) is 0. The molecule has 0 fully saturated rings.